The van der Waals surface area contributed by atoms with Crippen molar-refractivity contribution in [2.75, 3.05) is 36.9 Å². The molecule has 1 aromatic rings. The number of ether oxygens (including phenoxy) is 1. The van der Waals surface area contributed by atoms with E-state index in [9.17, 15) is 8.78 Å². The smallest absolute Gasteiger partial charge is 0.261 e. The predicted octanol–water partition coefficient (Wildman–Crippen LogP) is 2.94. The fourth-order valence-electron chi connectivity index (χ4n) is 1.69. The Hall–Kier alpha value is -1.50. The van der Waals surface area contributed by atoms with Crippen LogP contribution in [0.15, 0.2) is 6.07 Å². The van der Waals surface area contributed by atoms with Gasteiger partial charge in [-0.15, -0.1) is 0 Å². The zero-order chi connectivity index (χ0) is 15.5. The van der Waals surface area contributed by atoms with Crippen molar-refractivity contribution in [1.29, 1.82) is 0 Å². The number of hydrogen-bond donors (Lipinski definition) is 2. The Morgan fingerprint density at radius 3 is 2.33 bits per heavy atom. The summed E-state index contributed by atoms with van der Waals surface area (Å²) in [6, 6.07) is 1.82. The lowest BCUT2D eigenvalue weighted by molar-refractivity contribution is 0.0215. The first-order valence-corrected chi connectivity index (χ1v) is 7.37. The molecule has 21 heavy (non-hydrogen) atoms. The monoisotopic (exact) mass is 302 g/mol. The quantitative estimate of drug-likeness (QED) is 0.615. The number of aryl methyl sites for hydroxylation is 1. The maximum atomic E-state index is 11.9. The second-order valence-corrected chi connectivity index (χ2v) is 4.62. The summed E-state index contributed by atoms with van der Waals surface area (Å²) in [5.41, 5.74) is 0. The summed E-state index contributed by atoms with van der Waals surface area (Å²) in [5.74, 6) is 2.24. The van der Waals surface area contributed by atoms with Gasteiger partial charge in [0.25, 0.3) is 6.43 Å². The third-order valence-electron chi connectivity index (χ3n) is 2.60. The molecule has 1 heterocycles. The van der Waals surface area contributed by atoms with Gasteiger partial charge < -0.3 is 15.4 Å². The first kappa shape index (κ1) is 17.6. The fourth-order valence-corrected chi connectivity index (χ4v) is 1.69. The molecule has 0 radical (unpaired) electrons. The van der Waals surface area contributed by atoms with Gasteiger partial charge in [-0.2, -0.15) is 0 Å². The number of halogens is 2. The summed E-state index contributed by atoms with van der Waals surface area (Å²) in [6.07, 6.45) is 0.356. The summed E-state index contributed by atoms with van der Waals surface area (Å²) in [7, 11) is 0. The van der Waals surface area contributed by atoms with E-state index in [-0.39, 0.29) is 6.61 Å². The van der Waals surface area contributed by atoms with Crippen LogP contribution in [0.3, 0.4) is 0 Å². The molecule has 0 aliphatic carbocycles. The molecule has 0 aromatic carbocycles. The average Bonchev–Trinajstić information content (AvgIpc) is 2.44. The Morgan fingerprint density at radius 1 is 1.10 bits per heavy atom. The first-order valence-electron chi connectivity index (χ1n) is 7.37. The van der Waals surface area contributed by atoms with Crippen LogP contribution in [0.4, 0.5) is 20.4 Å². The van der Waals surface area contributed by atoms with Gasteiger partial charge in [-0.3, -0.25) is 0 Å². The van der Waals surface area contributed by atoms with Crippen LogP contribution in [0.25, 0.3) is 0 Å². The summed E-state index contributed by atoms with van der Waals surface area (Å²) in [4.78, 5) is 8.83. The van der Waals surface area contributed by atoms with Crippen molar-refractivity contribution in [2.24, 2.45) is 0 Å². The molecular weight excluding hydrogens is 278 g/mol. The third kappa shape index (κ3) is 7.75. The van der Waals surface area contributed by atoms with Crippen LogP contribution >= 0.6 is 0 Å². The number of aromatic nitrogens is 2. The molecule has 0 atom stereocenters. The largest absolute Gasteiger partial charge is 0.374 e. The molecule has 0 unspecified atom stereocenters. The van der Waals surface area contributed by atoms with Crippen LogP contribution in [0.1, 0.15) is 32.5 Å². The lowest BCUT2D eigenvalue weighted by Gasteiger charge is -2.11. The number of rotatable bonds is 11. The summed E-state index contributed by atoms with van der Waals surface area (Å²) >= 11 is 0. The van der Waals surface area contributed by atoms with E-state index >= 15 is 0 Å². The Morgan fingerprint density at radius 2 is 1.76 bits per heavy atom. The van der Waals surface area contributed by atoms with E-state index in [1.165, 1.54) is 0 Å². The van der Waals surface area contributed by atoms with Gasteiger partial charge in [0.05, 0.1) is 6.61 Å². The molecule has 0 spiro atoms. The molecule has 7 heteroatoms. The minimum Gasteiger partial charge on any atom is -0.374 e. The molecule has 120 valence electrons. The minimum atomic E-state index is -2.43. The first-order chi connectivity index (χ1) is 10.2. The van der Waals surface area contributed by atoms with Gasteiger partial charge in [-0.1, -0.05) is 13.8 Å². The molecule has 1 aromatic heterocycles. The maximum Gasteiger partial charge on any atom is 0.261 e. The van der Waals surface area contributed by atoms with Crippen molar-refractivity contribution in [3.05, 3.63) is 11.9 Å². The summed E-state index contributed by atoms with van der Waals surface area (Å²) < 4.78 is 28.7. The van der Waals surface area contributed by atoms with Gasteiger partial charge in [0, 0.05) is 25.6 Å². The molecule has 0 aliphatic rings. The zero-order valence-corrected chi connectivity index (χ0v) is 12.7. The second kappa shape index (κ2) is 10.3. The van der Waals surface area contributed by atoms with Crippen molar-refractivity contribution in [2.45, 2.75) is 39.5 Å². The molecule has 1 rings (SSSR count). The van der Waals surface area contributed by atoms with Gasteiger partial charge >= 0.3 is 0 Å². The molecule has 5 nitrogen and oxygen atoms in total. The average molecular weight is 302 g/mol. The Kier molecular flexibility index (Phi) is 8.57. The highest BCUT2D eigenvalue weighted by molar-refractivity contribution is 5.47. The van der Waals surface area contributed by atoms with E-state index in [1.807, 2.05) is 6.07 Å². The van der Waals surface area contributed by atoms with Gasteiger partial charge in [0.15, 0.2) is 0 Å². The second-order valence-electron chi connectivity index (χ2n) is 4.62. The Labute approximate surface area is 124 Å². The number of hydrogen-bond acceptors (Lipinski definition) is 5. The van der Waals surface area contributed by atoms with Crippen molar-refractivity contribution in [3.8, 4) is 0 Å². The van der Waals surface area contributed by atoms with Gasteiger partial charge in [-0.05, 0) is 12.8 Å². The number of nitrogens with zero attached hydrogens (tertiary/aromatic N) is 2. The van der Waals surface area contributed by atoms with E-state index in [2.05, 4.69) is 34.4 Å². The SMILES string of the molecule is CCCNc1cc(NCCOCC(F)F)nc(CCC)n1. The lowest BCUT2D eigenvalue weighted by atomic mass is 10.3. The van der Waals surface area contributed by atoms with Crippen LogP contribution in [-0.4, -0.2) is 42.7 Å². The van der Waals surface area contributed by atoms with Crippen molar-refractivity contribution >= 4 is 11.6 Å². The highest BCUT2D eigenvalue weighted by Gasteiger charge is 2.05. The van der Waals surface area contributed by atoms with Crippen LogP contribution in [0, 0.1) is 0 Å². The fraction of sp³-hybridized carbons (Fsp3) is 0.714. The van der Waals surface area contributed by atoms with Crippen LogP contribution in [0.2, 0.25) is 0 Å². The van der Waals surface area contributed by atoms with Gasteiger partial charge in [0.2, 0.25) is 0 Å². The lowest BCUT2D eigenvalue weighted by Crippen LogP contribution is -2.15. The third-order valence-corrected chi connectivity index (χ3v) is 2.60. The number of nitrogens with one attached hydrogen (secondary N) is 2. The highest BCUT2D eigenvalue weighted by atomic mass is 19.3. The van der Waals surface area contributed by atoms with E-state index in [0.717, 1.165) is 37.4 Å². The van der Waals surface area contributed by atoms with E-state index in [0.29, 0.717) is 12.4 Å². The van der Waals surface area contributed by atoms with E-state index in [1.54, 1.807) is 0 Å². The number of alkyl halides is 2. The molecule has 0 amide bonds. The van der Waals surface area contributed by atoms with Crippen molar-refractivity contribution in [3.63, 3.8) is 0 Å². The predicted molar refractivity (Wildman–Crippen MR) is 80.1 cm³/mol. The van der Waals surface area contributed by atoms with Crippen molar-refractivity contribution < 1.29 is 13.5 Å². The Bertz CT molecular complexity index is 405. The van der Waals surface area contributed by atoms with Crippen LogP contribution < -0.4 is 10.6 Å². The minimum absolute atomic E-state index is 0.217. The van der Waals surface area contributed by atoms with Crippen LogP contribution in [-0.2, 0) is 11.2 Å². The van der Waals surface area contributed by atoms with Crippen LogP contribution in [0.5, 0.6) is 0 Å². The highest BCUT2D eigenvalue weighted by Crippen LogP contribution is 2.12. The molecule has 0 aliphatic heterocycles. The zero-order valence-electron chi connectivity index (χ0n) is 12.7. The number of anilines is 2. The molecule has 2 N–H and O–H groups in total. The molecule has 0 bridgehead atoms. The standard InChI is InChI=1S/C14H24F2N4O/c1-3-5-12-19-13(17-6-4-2)9-14(20-12)18-7-8-21-10-11(15)16/h9,11H,3-8,10H2,1-2H3,(H2,17,18,19,20). The van der Waals surface area contributed by atoms with Crippen molar-refractivity contribution in [1.82, 2.24) is 9.97 Å². The van der Waals surface area contributed by atoms with E-state index < -0.39 is 13.0 Å². The normalized spacial score (nSPS) is 10.9. The van der Waals surface area contributed by atoms with Gasteiger partial charge in [0.1, 0.15) is 24.1 Å². The topological polar surface area (TPSA) is 59.1 Å². The Balaban J connectivity index is 2.52. The van der Waals surface area contributed by atoms with Gasteiger partial charge in [-0.25, -0.2) is 18.7 Å². The maximum absolute atomic E-state index is 11.9. The summed E-state index contributed by atoms with van der Waals surface area (Å²) in [5, 5.41) is 6.30. The molecule has 0 saturated carbocycles. The summed E-state index contributed by atoms with van der Waals surface area (Å²) in [6.45, 7) is 5.12. The molecular formula is C14H24F2N4O. The van der Waals surface area contributed by atoms with E-state index in [4.69, 9.17) is 4.74 Å². The molecule has 0 fully saturated rings. The molecule has 0 saturated heterocycles.